The number of carbonyl (C=O) groups excluding carboxylic acids is 1. The van der Waals surface area contributed by atoms with Crippen LogP contribution in [-0.2, 0) is 4.79 Å². The van der Waals surface area contributed by atoms with E-state index in [1.54, 1.807) is 0 Å². The zero-order chi connectivity index (χ0) is 16.7. The number of rotatable bonds is 10. The fourth-order valence-corrected chi connectivity index (χ4v) is 3.00. The van der Waals surface area contributed by atoms with Crippen LogP contribution in [0.5, 0.6) is 0 Å². The molecule has 0 saturated carbocycles. The van der Waals surface area contributed by atoms with E-state index < -0.39 is 0 Å². The number of carbonyl (C=O) groups is 1. The first-order valence-electron chi connectivity index (χ1n) is 8.30. The van der Waals surface area contributed by atoms with Crippen molar-refractivity contribution in [1.82, 2.24) is 0 Å². The highest BCUT2D eigenvalue weighted by atomic mass is 16.1. The van der Waals surface area contributed by atoms with Gasteiger partial charge < -0.3 is 0 Å². The largest absolute Gasteiger partial charge is 0.294 e. The maximum atomic E-state index is 12.0. The third-order valence-corrected chi connectivity index (χ3v) is 4.89. The summed E-state index contributed by atoms with van der Waals surface area (Å²) in [5, 5.41) is 0. The Kier molecular flexibility index (Phi) is 7.64. The molecule has 0 radical (unpaired) electrons. The van der Waals surface area contributed by atoms with Gasteiger partial charge in [-0.15, -0.1) is 0 Å². The first kappa shape index (κ1) is 20.1. The van der Waals surface area contributed by atoms with E-state index in [0.717, 1.165) is 19.3 Å². The van der Waals surface area contributed by atoms with Crippen molar-refractivity contribution in [2.45, 2.75) is 80.6 Å². The second-order valence-corrected chi connectivity index (χ2v) is 8.23. The molecule has 0 bridgehead atoms. The van der Waals surface area contributed by atoms with Crippen molar-refractivity contribution in [2.75, 3.05) is 0 Å². The van der Waals surface area contributed by atoms with Gasteiger partial charge in [0.25, 0.3) is 0 Å². The molecule has 0 saturated heterocycles. The Morgan fingerprint density at radius 3 is 2.10 bits per heavy atom. The molecule has 0 spiro atoms. The van der Waals surface area contributed by atoms with Crippen LogP contribution >= 0.6 is 0 Å². The molecule has 0 N–H and O–H groups in total. The zero-order valence-electron chi connectivity index (χ0n) is 15.4. The molecule has 0 amide bonds. The Labute approximate surface area is 132 Å². The predicted molar refractivity (Wildman–Crippen MR) is 94.4 cm³/mol. The summed E-state index contributed by atoms with van der Waals surface area (Å²) in [6.45, 7) is 19.1. The molecule has 0 rings (SSSR count). The molecule has 1 unspecified atom stereocenters. The first-order valence-corrected chi connectivity index (χ1v) is 8.30. The molecule has 0 aliphatic rings. The van der Waals surface area contributed by atoms with Crippen LogP contribution in [-0.4, -0.2) is 5.78 Å². The molecule has 0 aromatic heterocycles. The smallest absolute Gasteiger partial charge is 0.160 e. The van der Waals surface area contributed by atoms with Gasteiger partial charge in [-0.1, -0.05) is 66.7 Å². The second-order valence-electron chi connectivity index (χ2n) is 8.23. The Morgan fingerprint density at radius 1 is 1.10 bits per heavy atom. The standard InChI is InChI=1S/C20H36O/c1-9-12-13-18(4,5)14-15-20(8,11-3)16-19(6,7)17(21)10-2/h9-10,12H,2,11,13-16H2,1,3-8H3. The summed E-state index contributed by atoms with van der Waals surface area (Å²) in [6.07, 6.45) is 11.4. The van der Waals surface area contributed by atoms with Gasteiger partial charge in [0.1, 0.15) is 0 Å². The lowest BCUT2D eigenvalue weighted by atomic mass is 9.66. The van der Waals surface area contributed by atoms with Crippen LogP contribution in [0.4, 0.5) is 0 Å². The summed E-state index contributed by atoms with van der Waals surface area (Å²) in [5.74, 6) is 0.162. The molecule has 0 aliphatic carbocycles. The van der Waals surface area contributed by atoms with E-state index in [9.17, 15) is 4.79 Å². The Balaban J connectivity index is 4.81. The first-order chi connectivity index (χ1) is 9.52. The van der Waals surface area contributed by atoms with Crippen LogP contribution in [0.3, 0.4) is 0 Å². The summed E-state index contributed by atoms with van der Waals surface area (Å²) in [6, 6.07) is 0. The lowest BCUT2D eigenvalue weighted by Crippen LogP contribution is -2.31. The van der Waals surface area contributed by atoms with Gasteiger partial charge in [-0.25, -0.2) is 0 Å². The molecule has 0 heterocycles. The normalized spacial score (nSPS) is 16.0. The van der Waals surface area contributed by atoms with Gasteiger partial charge in [0, 0.05) is 5.41 Å². The Morgan fingerprint density at radius 2 is 1.67 bits per heavy atom. The topological polar surface area (TPSA) is 17.1 Å². The van der Waals surface area contributed by atoms with Crippen molar-refractivity contribution >= 4 is 5.78 Å². The number of hydrogen-bond acceptors (Lipinski definition) is 1. The van der Waals surface area contributed by atoms with E-state index in [4.69, 9.17) is 0 Å². The zero-order valence-corrected chi connectivity index (χ0v) is 15.4. The van der Waals surface area contributed by atoms with Crippen molar-refractivity contribution in [3.05, 3.63) is 24.8 Å². The van der Waals surface area contributed by atoms with E-state index >= 15 is 0 Å². The van der Waals surface area contributed by atoms with E-state index in [1.165, 1.54) is 18.9 Å². The minimum absolute atomic E-state index is 0.162. The maximum absolute atomic E-state index is 12.0. The quantitative estimate of drug-likeness (QED) is 0.339. The number of hydrogen-bond donors (Lipinski definition) is 0. The molecule has 1 nitrogen and oxygen atoms in total. The molecule has 21 heavy (non-hydrogen) atoms. The second kappa shape index (κ2) is 7.96. The average molecular weight is 293 g/mol. The van der Waals surface area contributed by atoms with Crippen molar-refractivity contribution in [1.29, 1.82) is 0 Å². The van der Waals surface area contributed by atoms with Crippen molar-refractivity contribution in [2.24, 2.45) is 16.2 Å². The van der Waals surface area contributed by atoms with E-state index in [-0.39, 0.29) is 16.6 Å². The van der Waals surface area contributed by atoms with E-state index in [1.807, 2.05) is 0 Å². The van der Waals surface area contributed by atoms with Crippen molar-refractivity contribution in [3.8, 4) is 0 Å². The SMILES string of the molecule is C=CC(=O)C(C)(C)CC(C)(CC)CCC(C)(C)CC=CC. The highest BCUT2D eigenvalue weighted by molar-refractivity contribution is 5.93. The molecule has 0 aromatic rings. The summed E-state index contributed by atoms with van der Waals surface area (Å²) in [5.41, 5.74) is 0.241. The van der Waals surface area contributed by atoms with Crippen LogP contribution in [0.15, 0.2) is 24.8 Å². The van der Waals surface area contributed by atoms with E-state index in [2.05, 4.69) is 67.2 Å². The highest BCUT2D eigenvalue weighted by Crippen LogP contribution is 2.43. The number of allylic oxidation sites excluding steroid dienone is 3. The van der Waals surface area contributed by atoms with Gasteiger partial charge in [-0.3, -0.25) is 4.79 Å². The van der Waals surface area contributed by atoms with Crippen LogP contribution in [0.1, 0.15) is 80.6 Å². The summed E-state index contributed by atoms with van der Waals surface area (Å²) < 4.78 is 0. The minimum Gasteiger partial charge on any atom is -0.294 e. The van der Waals surface area contributed by atoms with Crippen LogP contribution in [0.2, 0.25) is 0 Å². The Hall–Kier alpha value is -0.850. The molecule has 0 aromatic carbocycles. The van der Waals surface area contributed by atoms with Crippen molar-refractivity contribution in [3.63, 3.8) is 0 Å². The van der Waals surface area contributed by atoms with Gasteiger partial charge >= 0.3 is 0 Å². The Bertz CT molecular complexity index is 373. The van der Waals surface area contributed by atoms with Crippen LogP contribution in [0, 0.1) is 16.2 Å². The third-order valence-electron chi connectivity index (χ3n) is 4.89. The van der Waals surface area contributed by atoms with Gasteiger partial charge in [0.15, 0.2) is 5.78 Å². The summed E-state index contributed by atoms with van der Waals surface area (Å²) >= 11 is 0. The highest BCUT2D eigenvalue weighted by Gasteiger charge is 2.35. The molecular weight excluding hydrogens is 256 g/mol. The van der Waals surface area contributed by atoms with Gasteiger partial charge in [0.2, 0.25) is 0 Å². The molecule has 0 fully saturated rings. The molecular formula is C20H36O. The molecule has 1 heteroatoms. The fourth-order valence-electron chi connectivity index (χ4n) is 3.00. The van der Waals surface area contributed by atoms with Crippen LogP contribution in [0.25, 0.3) is 0 Å². The van der Waals surface area contributed by atoms with E-state index in [0.29, 0.717) is 5.41 Å². The van der Waals surface area contributed by atoms with Crippen molar-refractivity contribution < 1.29 is 4.79 Å². The van der Waals surface area contributed by atoms with Gasteiger partial charge in [-0.05, 0) is 49.5 Å². The molecule has 1 atom stereocenters. The monoisotopic (exact) mass is 292 g/mol. The predicted octanol–water partition coefficient (Wildman–Crippen LogP) is 6.35. The maximum Gasteiger partial charge on any atom is 0.160 e. The third kappa shape index (κ3) is 7.11. The van der Waals surface area contributed by atoms with Gasteiger partial charge in [-0.2, -0.15) is 0 Å². The van der Waals surface area contributed by atoms with Gasteiger partial charge in [0.05, 0.1) is 0 Å². The lowest BCUT2D eigenvalue weighted by Gasteiger charge is -2.38. The minimum atomic E-state index is -0.306. The average Bonchev–Trinajstić information content (AvgIpc) is 2.42. The summed E-state index contributed by atoms with van der Waals surface area (Å²) in [7, 11) is 0. The number of ketones is 1. The molecule has 122 valence electrons. The lowest BCUT2D eigenvalue weighted by molar-refractivity contribution is -0.124. The summed E-state index contributed by atoms with van der Waals surface area (Å²) in [4.78, 5) is 12.0. The fraction of sp³-hybridized carbons (Fsp3) is 0.750. The van der Waals surface area contributed by atoms with Crippen LogP contribution < -0.4 is 0 Å². The molecule has 0 aliphatic heterocycles.